The predicted octanol–water partition coefficient (Wildman–Crippen LogP) is 3.82. The minimum absolute atomic E-state index is 0.0965. The molecular weight excluding hydrogens is 264 g/mol. The molecule has 1 heterocycles. The van der Waals surface area contributed by atoms with Crippen LogP contribution in [0.1, 0.15) is 54.9 Å². The van der Waals surface area contributed by atoms with Crippen molar-refractivity contribution in [2.75, 3.05) is 12.4 Å². The molecule has 1 aliphatic carbocycles. The van der Waals surface area contributed by atoms with Crippen LogP contribution < -0.4 is 5.32 Å². The number of rotatable bonds is 2. The zero-order chi connectivity index (χ0) is 15.0. The van der Waals surface area contributed by atoms with Crippen LogP contribution in [-0.2, 0) is 6.54 Å². The summed E-state index contributed by atoms with van der Waals surface area (Å²) in [5.41, 5.74) is 2.41. The Morgan fingerprint density at radius 3 is 2.67 bits per heavy atom. The summed E-state index contributed by atoms with van der Waals surface area (Å²) in [7, 11) is 1.76. The third-order valence-electron chi connectivity index (χ3n) is 4.87. The third kappa shape index (κ3) is 2.55. The molecule has 1 saturated carbocycles. The maximum absolute atomic E-state index is 12.9. The largest absolute Gasteiger partial charge is 0.323 e. The molecule has 0 saturated heterocycles. The number of carbonyl (C=O) groups excluding carboxylic acids is 2. The SMILES string of the molecule is CN1Cc2cc(C(=O)C3(C)CCCCC3)ccc2NC1=O. The van der Waals surface area contributed by atoms with E-state index in [4.69, 9.17) is 0 Å². The summed E-state index contributed by atoms with van der Waals surface area (Å²) in [6, 6.07) is 5.57. The molecule has 0 atom stereocenters. The second-order valence-electron chi connectivity index (χ2n) is 6.61. The van der Waals surface area contributed by atoms with E-state index in [0.29, 0.717) is 6.54 Å². The first-order chi connectivity index (χ1) is 9.99. The minimum Gasteiger partial charge on any atom is -0.323 e. The van der Waals surface area contributed by atoms with Crippen molar-refractivity contribution in [3.05, 3.63) is 29.3 Å². The summed E-state index contributed by atoms with van der Waals surface area (Å²) < 4.78 is 0. The van der Waals surface area contributed by atoms with Gasteiger partial charge in [-0.05, 0) is 36.6 Å². The molecule has 1 aromatic carbocycles. The van der Waals surface area contributed by atoms with Crippen molar-refractivity contribution >= 4 is 17.5 Å². The molecule has 0 aromatic heterocycles. The molecule has 2 amide bonds. The van der Waals surface area contributed by atoms with Crippen molar-refractivity contribution in [2.24, 2.45) is 5.41 Å². The molecule has 0 unspecified atom stereocenters. The molecule has 0 radical (unpaired) electrons. The zero-order valence-corrected chi connectivity index (χ0v) is 12.7. The summed E-state index contributed by atoms with van der Waals surface area (Å²) >= 11 is 0. The molecule has 0 spiro atoms. The lowest BCUT2D eigenvalue weighted by atomic mass is 9.71. The number of Topliss-reactive ketones (excluding diaryl/α,β-unsaturated/α-hetero) is 1. The Balaban J connectivity index is 1.88. The van der Waals surface area contributed by atoms with Crippen molar-refractivity contribution in [1.29, 1.82) is 0 Å². The number of benzene rings is 1. The van der Waals surface area contributed by atoms with Gasteiger partial charge in [-0.15, -0.1) is 0 Å². The summed E-state index contributed by atoms with van der Waals surface area (Å²) in [6.45, 7) is 2.65. The van der Waals surface area contributed by atoms with E-state index in [1.54, 1.807) is 11.9 Å². The lowest BCUT2D eigenvalue weighted by molar-refractivity contribution is 0.0749. The Kier molecular flexibility index (Phi) is 3.47. The molecule has 0 bridgehead atoms. The van der Waals surface area contributed by atoms with Gasteiger partial charge in [-0.3, -0.25) is 4.79 Å². The van der Waals surface area contributed by atoms with Crippen LogP contribution >= 0.6 is 0 Å². The number of anilines is 1. The van der Waals surface area contributed by atoms with Gasteiger partial charge in [-0.25, -0.2) is 4.79 Å². The Bertz CT molecular complexity index is 588. The van der Waals surface area contributed by atoms with Gasteiger partial charge in [0.05, 0.1) is 0 Å². The van der Waals surface area contributed by atoms with Crippen LogP contribution in [0, 0.1) is 5.41 Å². The molecule has 1 fully saturated rings. The van der Waals surface area contributed by atoms with E-state index in [1.165, 1.54) is 6.42 Å². The van der Waals surface area contributed by atoms with Gasteiger partial charge in [0.15, 0.2) is 5.78 Å². The van der Waals surface area contributed by atoms with Crippen LogP contribution in [0.2, 0.25) is 0 Å². The number of amides is 2. The first-order valence-corrected chi connectivity index (χ1v) is 7.69. The van der Waals surface area contributed by atoms with Crippen molar-refractivity contribution in [1.82, 2.24) is 4.90 Å². The van der Waals surface area contributed by atoms with Gasteiger partial charge in [-0.1, -0.05) is 26.2 Å². The van der Waals surface area contributed by atoms with Gasteiger partial charge in [0, 0.05) is 30.3 Å². The van der Waals surface area contributed by atoms with Crippen molar-refractivity contribution in [2.45, 2.75) is 45.6 Å². The number of carbonyl (C=O) groups is 2. The van der Waals surface area contributed by atoms with Gasteiger partial charge >= 0.3 is 6.03 Å². The summed E-state index contributed by atoms with van der Waals surface area (Å²) in [6.07, 6.45) is 5.50. The van der Waals surface area contributed by atoms with Crippen LogP contribution in [0.25, 0.3) is 0 Å². The van der Waals surface area contributed by atoms with Crippen LogP contribution in [0.4, 0.5) is 10.5 Å². The van der Waals surface area contributed by atoms with E-state index in [-0.39, 0.29) is 17.2 Å². The molecule has 1 aromatic rings. The summed E-state index contributed by atoms with van der Waals surface area (Å²) in [5.74, 6) is 0.254. The fourth-order valence-corrected chi connectivity index (χ4v) is 3.43. The van der Waals surface area contributed by atoms with E-state index < -0.39 is 0 Å². The zero-order valence-electron chi connectivity index (χ0n) is 12.7. The van der Waals surface area contributed by atoms with Crippen LogP contribution in [0.3, 0.4) is 0 Å². The smallest absolute Gasteiger partial charge is 0.321 e. The minimum atomic E-state index is -0.212. The highest BCUT2D eigenvalue weighted by Gasteiger charge is 2.35. The standard InChI is InChI=1S/C17H22N2O2/c1-17(8-4-3-5-9-17)15(20)12-6-7-14-13(10-12)11-19(2)16(21)18-14/h6-7,10H,3-5,8-9,11H2,1-2H3,(H,18,21). The quantitative estimate of drug-likeness (QED) is 0.840. The van der Waals surface area contributed by atoms with Crippen molar-refractivity contribution in [3.63, 3.8) is 0 Å². The van der Waals surface area contributed by atoms with Crippen molar-refractivity contribution in [3.8, 4) is 0 Å². The number of urea groups is 1. The van der Waals surface area contributed by atoms with Gasteiger partial charge < -0.3 is 10.2 Å². The number of fused-ring (bicyclic) bond motifs is 1. The van der Waals surface area contributed by atoms with E-state index in [2.05, 4.69) is 12.2 Å². The van der Waals surface area contributed by atoms with Crippen LogP contribution in [-0.4, -0.2) is 23.8 Å². The van der Waals surface area contributed by atoms with E-state index in [0.717, 1.165) is 42.5 Å². The Hall–Kier alpha value is -1.84. The average Bonchev–Trinajstić information content (AvgIpc) is 2.48. The fourth-order valence-electron chi connectivity index (χ4n) is 3.43. The van der Waals surface area contributed by atoms with Gasteiger partial charge in [-0.2, -0.15) is 0 Å². The molecule has 1 aliphatic heterocycles. The number of hydrogen-bond donors (Lipinski definition) is 1. The number of ketones is 1. The summed E-state index contributed by atoms with van der Waals surface area (Å²) in [4.78, 5) is 26.1. The van der Waals surface area contributed by atoms with Gasteiger partial charge in [0.25, 0.3) is 0 Å². The Morgan fingerprint density at radius 2 is 1.95 bits per heavy atom. The number of nitrogens with zero attached hydrogens (tertiary/aromatic N) is 1. The van der Waals surface area contributed by atoms with E-state index in [9.17, 15) is 9.59 Å². The third-order valence-corrected chi connectivity index (χ3v) is 4.87. The van der Waals surface area contributed by atoms with Gasteiger partial charge in [0.1, 0.15) is 0 Å². The molecule has 2 aliphatic rings. The highest BCUT2D eigenvalue weighted by molar-refractivity contribution is 6.01. The molecule has 4 heteroatoms. The summed E-state index contributed by atoms with van der Waals surface area (Å²) in [5, 5.41) is 2.84. The highest BCUT2D eigenvalue weighted by Crippen LogP contribution is 2.39. The first-order valence-electron chi connectivity index (χ1n) is 7.69. The van der Waals surface area contributed by atoms with E-state index in [1.807, 2.05) is 18.2 Å². The second kappa shape index (κ2) is 5.17. The molecule has 1 N–H and O–H groups in total. The molecule has 21 heavy (non-hydrogen) atoms. The first kappa shape index (κ1) is 14.1. The maximum Gasteiger partial charge on any atom is 0.321 e. The number of hydrogen-bond acceptors (Lipinski definition) is 2. The van der Waals surface area contributed by atoms with Crippen molar-refractivity contribution < 1.29 is 9.59 Å². The Labute approximate surface area is 125 Å². The lowest BCUT2D eigenvalue weighted by Crippen LogP contribution is -2.36. The molecular formula is C17H22N2O2. The lowest BCUT2D eigenvalue weighted by Gasteiger charge is -2.32. The average molecular weight is 286 g/mol. The monoisotopic (exact) mass is 286 g/mol. The molecule has 4 nitrogen and oxygen atoms in total. The molecule has 112 valence electrons. The maximum atomic E-state index is 12.9. The van der Waals surface area contributed by atoms with Crippen LogP contribution in [0.5, 0.6) is 0 Å². The fraction of sp³-hybridized carbons (Fsp3) is 0.529. The van der Waals surface area contributed by atoms with Gasteiger partial charge in [0.2, 0.25) is 0 Å². The Morgan fingerprint density at radius 1 is 1.24 bits per heavy atom. The topological polar surface area (TPSA) is 49.4 Å². The number of nitrogens with one attached hydrogen (secondary N) is 1. The predicted molar refractivity (Wildman–Crippen MR) is 82.5 cm³/mol. The normalized spacial score (nSPS) is 20.7. The van der Waals surface area contributed by atoms with Crippen LogP contribution in [0.15, 0.2) is 18.2 Å². The van der Waals surface area contributed by atoms with E-state index >= 15 is 0 Å². The second-order valence-corrected chi connectivity index (χ2v) is 6.61. The molecule has 3 rings (SSSR count). The highest BCUT2D eigenvalue weighted by atomic mass is 16.2.